The average molecular weight is 419 g/mol. The van der Waals surface area contributed by atoms with Crippen molar-refractivity contribution in [2.45, 2.75) is 17.9 Å². The third-order valence-electron chi connectivity index (χ3n) is 4.22. The van der Waals surface area contributed by atoms with E-state index in [1.807, 2.05) is 6.92 Å². The van der Waals surface area contributed by atoms with Crippen LogP contribution in [0.25, 0.3) is 0 Å². The number of amides is 2. The number of nitrogens with zero attached hydrogens (tertiary/aromatic N) is 1. The van der Waals surface area contributed by atoms with E-state index in [0.717, 1.165) is 9.87 Å². The van der Waals surface area contributed by atoms with Crippen molar-refractivity contribution in [1.29, 1.82) is 0 Å². The molecule has 1 atom stereocenters. The number of hydrogen-bond acceptors (Lipinski definition) is 6. The summed E-state index contributed by atoms with van der Waals surface area (Å²) < 4.78 is 36.9. The van der Waals surface area contributed by atoms with Gasteiger partial charge in [0.1, 0.15) is 6.61 Å². The Labute approximate surface area is 168 Å². The molecular formula is C19H21N3O6S. The van der Waals surface area contributed by atoms with Gasteiger partial charge in [0, 0.05) is 7.05 Å². The highest BCUT2D eigenvalue weighted by atomic mass is 32.2. The molecule has 2 amide bonds. The molecule has 0 spiro atoms. The SMILES string of the molecule is Cc1ccc(S(=O)(=O)N(C)CC(=O)NNC(=O)C2COc3ccccc3O2)cc1. The van der Waals surface area contributed by atoms with Gasteiger partial charge in [-0.3, -0.25) is 20.4 Å². The van der Waals surface area contributed by atoms with Gasteiger partial charge in [-0.2, -0.15) is 4.31 Å². The molecule has 1 heterocycles. The molecule has 0 saturated heterocycles. The molecule has 0 fully saturated rings. The van der Waals surface area contributed by atoms with E-state index in [1.165, 1.54) is 19.2 Å². The van der Waals surface area contributed by atoms with Crippen molar-refractivity contribution in [3.8, 4) is 11.5 Å². The lowest BCUT2D eigenvalue weighted by atomic mass is 10.2. The van der Waals surface area contributed by atoms with Gasteiger partial charge in [-0.25, -0.2) is 8.42 Å². The van der Waals surface area contributed by atoms with Gasteiger partial charge in [-0.1, -0.05) is 29.8 Å². The highest BCUT2D eigenvalue weighted by molar-refractivity contribution is 7.89. The summed E-state index contributed by atoms with van der Waals surface area (Å²) in [6.45, 7) is 1.36. The zero-order valence-corrected chi connectivity index (χ0v) is 16.7. The molecule has 1 aliphatic heterocycles. The van der Waals surface area contributed by atoms with Gasteiger partial charge in [0.2, 0.25) is 16.1 Å². The lowest BCUT2D eigenvalue weighted by molar-refractivity contribution is -0.135. The number of carbonyl (C=O) groups is 2. The molecule has 1 aliphatic rings. The molecule has 29 heavy (non-hydrogen) atoms. The number of hydrogen-bond donors (Lipinski definition) is 2. The summed E-state index contributed by atoms with van der Waals surface area (Å²) in [5.74, 6) is -0.358. The van der Waals surface area contributed by atoms with Crippen LogP contribution in [0.4, 0.5) is 0 Å². The van der Waals surface area contributed by atoms with Crippen LogP contribution in [0.3, 0.4) is 0 Å². The number of ether oxygens (including phenoxy) is 2. The third-order valence-corrected chi connectivity index (χ3v) is 6.04. The van der Waals surface area contributed by atoms with Crippen LogP contribution in [-0.2, 0) is 19.6 Å². The highest BCUT2D eigenvalue weighted by Crippen LogP contribution is 2.30. The molecule has 0 radical (unpaired) electrons. The second kappa shape index (κ2) is 8.50. The van der Waals surface area contributed by atoms with Crippen LogP contribution < -0.4 is 20.3 Å². The summed E-state index contributed by atoms with van der Waals surface area (Å²) in [7, 11) is -2.54. The first-order valence-corrected chi connectivity index (χ1v) is 10.2. The number of carbonyl (C=O) groups excluding carboxylic acids is 2. The molecule has 0 aromatic heterocycles. The first kappa shape index (κ1) is 20.6. The molecule has 2 aromatic carbocycles. The van der Waals surface area contributed by atoms with E-state index < -0.39 is 34.5 Å². The first-order valence-electron chi connectivity index (χ1n) is 8.77. The van der Waals surface area contributed by atoms with Crippen LogP contribution in [-0.4, -0.2) is 50.8 Å². The van der Waals surface area contributed by atoms with Gasteiger partial charge >= 0.3 is 0 Å². The first-order chi connectivity index (χ1) is 13.8. The number of nitrogens with one attached hydrogen (secondary N) is 2. The maximum atomic E-state index is 12.5. The topological polar surface area (TPSA) is 114 Å². The van der Waals surface area contributed by atoms with Gasteiger partial charge < -0.3 is 9.47 Å². The van der Waals surface area contributed by atoms with Gasteiger partial charge in [0.05, 0.1) is 11.4 Å². The molecule has 9 nitrogen and oxygen atoms in total. The predicted molar refractivity (Wildman–Crippen MR) is 104 cm³/mol. The van der Waals surface area contributed by atoms with E-state index in [9.17, 15) is 18.0 Å². The van der Waals surface area contributed by atoms with Crippen LogP contribution in [0, 0.1) is 6.92 Å². The number of hydrazine groups is 1. The zero-order chi connectivity index (χ0) is 21.0. The van der Waals surface area contributed by atoms with Crippen LogP contribution in [0.15, 0.2) is 53.4 Å². The van der Waals surface area contributed by atoms with E-state index in [4.69, 9.17) is 9.47 Å². The minimum atomic E-state index is -3.83. The van der Waals surface area contributed by atoms with Crippen molar-refractivity contribution in [2.24, 2.45) is 0 Å². The zero-order valence-electron chi connectivity index (χ0n) is 15.9. The van der Waals surface area contributed by atoms with Gasteiger partial charge in [-0.05, 0) is 31.2 Å². The van der Waals surface area contributed by atoms with Crippen molar-refractivity contribution in [2.75, 3.05) is 20.2 Å². The Morgan fingerprint density at radius 2 is 1.72 bits per heavy atom. The van der Waals surface area contributed by atoms with Crippen molar-refractivity contribution >= 4 is 21.8 Å². The van der Waals surface area contributed by atoms with Crippen LogP contribution >= 0.6 is 0 Å². The Kier molecular flexibility index (Phi) is 6.04. The van der Waals surface area contributed by atoms with Crippen molar-refractivity contribution in [1.82, 2.24) is 15.2 Å². The van der Waals surface area contributed by atoms with Crippen LogP contribution in [0.5, 0.6) is 11.5 Å². The summed E-state index contributed by atoms with van der Waals surface area (Å²) in [5, 5.41) is 0. The quantitative estimate of drug-likeness (QED) is 0.686. The van der Waals surface area contributed by atoms with E-state index >= 15 is 0 Å². The molecule has 3 rings (SSSR count). The van der Waals surface area contributed by atoms with E-state index in [0.29, 0.717) is 11.5 Å². The Hall–Kier alpha value is -3.11. The number of likely N-dealkylation sites (N-methyl/N-ethyl adjacent to an activating group) is 1. The normalized spacial score (nSPS) is 15.6. The molecule has 10 heteroatoms. The van der Waals surface area contributed by atoms with Crippen molar-refractivity contribution < 1.29 is 27.5 Å². The Bertz CT molecular complexity index is 1010. The number of fused-ring (bicyclic) bond motifs is 1. The molecule has 0 saturated carbocycles. The minimum Gasteiger partial charge on any atom is -0.485 e. The number of para-hydroxylation sites is 2. The molecule has 1 unspecified atom stereocenters. The second-order valence-corrected chi connectivity index (χ2v) is 8.52. The summed E-state index contributed by atoms with van der Waals surface area (Å²) in [4.78, 5) is 24.3. The molecular weight excluding hydrogens is 398 g/mol. The average Bonchev–Trinajstić information content (AvgIpc) is 2.71. The maximum absolute atomic E-state index is 12.5. The molecule has 2 aromatic rings. The van der Waals surface area contributed by atoms with Crippen LogP contribution in [0.1, 0.15) is 5.56 Å². The van der Waals surface area contributed by atoms with Crippen LogP contribution in [0.2, 0.25) is 0 Å². The molecule has 2 N–H and O–H groups in total. The Balaban J connectivity index is 1.52. The van der Waals surface area contributed by atoms with E-state index in [2.05, 4.69) is 10.9 Å². The number of rotatable bonds is 5. The summed E-state index contributed by atoms with van der Waals surface area (Å²) in [6, 6.07) is 13.2. The van der Waals surface area contributed by atoms with Gasteiger partial charge in [-0.15, -0.1) is 0 Å². The Morgan fingerprint density at radius 1 is 1.07 bits per heavy atom. The standard InChI is InChI=1S/C19H21N3O6S/c1-13-7-9-14(10-8-13)29(25,26)22(2)11-18(23)20-21-19(24)17-12-27-15-5-3-4-6-16(15)28-17/h3-10,17H,11-12H2,1-2H3,(H,20,23)(H,21,24). The molecule has 0 bridgehead atoms. The molecule has 0 aliphatic carbocycles. The monoisotopic (exact) mass is 419 g/mol. The lowest BCUT2D eigenvalue weighted by Crippen LogP contribution is -2.52. The second-order valence-electron chi connectivity index (χ2n) is 6.48. The summed E-state index contributed by atoms with van der Waals surface area (Å²) >= 11 is 0. The summed E-state index contributed by atoms with van der Waals surface area (Å²) in [5.41, 5.74) is 5.33. The van der Waals surface area contributed by atoms with Gasteiger partial charge in [0.15, 0.2) is 11.5 Å². The lowest BCUT2D eigenvalue weighted by Gasteiger charge is -2.25. The number of benzene rings is 2. The number of aryl methyl sites for hydroxylation is 1. The van der Waals surface area contributed by atoms with E-state index in [1.54, 1.807) is 36.4 Å². The van der Waals surface area contributed by atoms with Crippen molar-refractivity contribution in [3.05, 3.63) is 54.1 Å². The third kappa shape index (κ3) is 4.84. The minimum absolute atomic E-state index is 0.0135. The largest absolute Gasteiger partial charge is 0.485 e. The Morgan fingerprint density at radius 3 is 2.41 bits per heavy atom. The van der Waals surface area contributed by atoms with Gasteiger partial charge in [0.25, 0.3) is 11.8 Å². The number of sulfonamides is 1. The maximum Gasteiger partial charge on any atom is 0.283 e. The highest BCUT2D eigenvalue weighted by Gasteiger charge is 2.28. The van der Waals surface area contributed by atoms with E-state index in [-0.39, 0.29) is 11.5 Å². The molecule has 154 valence electrons. The fourth-order valence-corrected chi connectivity index (χ4v) is 3.70. The summed E-state index contributed by atoms with van der Waals surface area (Å²) in [6.07, 6.45) is -0.945. The fourth-order valence-electron chi connectivity index (χ4n) is 2.58. The smallest absolute Gasteiger partial charge is 0.283 e. The van der Waals surface area contributed by atoms with Crippen molar-refractivity contribution in [3.63, 3.8) is 0 Å². The fraction of sp³-hybridized carbons (Fsp3) is 0.263. The predicted octanol–water partition coefficient (Wildman–Crippen LogP) is 0.603.